The molecule has 17 heteroatoms. The van der Waals surface area contributed by atoms with Crippen LogP contribution in [0.15, 0.2) is 60.7 Å². The summed E-state index contributed by atoms with van der Waals surface area (Å²) in [6.07, 6.45) is 1.27. The summed E-state index contributed by atoms with van der Waals surface area (Å²) in [5.74, 6) is -2.61. The van der Waals surface area contributed by atoms with Crippen LogP contribution in [0.4, 0.5) is 0 Å². The van der Waals surface area contributed by atoms with E-state index in [1.807, 2.05) is 30.3 Å². The smallest absolute Gasteiger partial charge is 0.255 e. The van der Waals surface area contributed by atoms with E-state index in [0.29, 0.717) is 45.2 Å². The molecule has 3 aromatic carbocycles. The van der Waals surface area contributed by atoms with Crippen LogP contribution in [-0.2, 0) is 31.0 Å². The van der Waals surface area contributed by atoms with Crippen molar-refractivity contribution in [3.8, 4) is 40.1 Å². The topological polar surface area (TPSA) is 254 Å². The standard InChI is InChI=1S/C49H60N10O7/c1-27-41(28(2)55-43(54-27)31-9-12-33(13-10-31)49(4,5)6)46(63)57-37(16-19-50)48(65)59(7)42-32-11-15-40(66-34-17-21-52-22-18-34)36(26-32)35-24-30(8-14-39(35)60)25-38(45(62)53-23-20-51)58-44(61)29(3)56-47(42)64/h8-15,24,26,29,34,37-38,42,52,60H,16-19,21-23,25,50H2,1-7H3,(H,53,62)(H,56,64)(H,57,63)(H,58,61)/t29-,37-,38-,42-/m0/s1. The number of likely N-dealkylation sites (N-methyl/N-ethyl adjacent to an activating group) is 1. The molecule has 1 fully saturated rings. The fraction of sp³-hybridized carbons (Fsp3) is 0.429. The number of piperidine rings is 1. The van der Waals surface area contributed by atoms with E-state index in [-0.39, 0.29) is 48.8 Å². The summed E-state index contributed by atoms with van der Waals surface area (Å²) in [4.78, 5) is 81.0. The Bertz CT molecular complexity index is 2490. The Hall–Kier alpha value is -6.90. The van der Waals surface area contributed by atoms with Crippen LogP contribution >= 0.6 is 0 Å². The lowest BCUT2D eigenvalue weighted by molar-refractivity contribution is -0.141. The Balaban J connectivity index is 1.38. The lowest BCUT2D eigenvalue weighted by atomic mass is 9.86. The van der Waals surface area contributed by atoms with Gasteiger partial charge >= 0.3 is 0 Å². The first-order valence-corrected chi connectivity index (χ1v) is 22.2. The number of hydrogen-bond donors (Lipinski definition) is 7. The van der Waals surface area contributed by atoms with Gasteiger partial charge in [0.2, 0.25) is 23.6 Å². The monoisotopic (exact) mass is 900 g/mol. The molecule has 2 aliphatic rings. The van der Waals surface area contributed by atoms with Crippen LogP contribution in [0.3, 0.4) is 0 Å². The number of benzene rings is 3. The number of amides is 5. The normalized spacial score (nSPS) is 18.4. The molecule has 1 aromatic heterocycles. The number of carbonyl (C=O) groups excluding carboxylic acids is 5. The van der Waals surface area contributed by atoms with Gasteiger partial charge in [0.25, 0.3) is 5.91 Å². The molecule has 17 nitrogen and oxygen atoms in total. The molecule has 1 saturated heterocycles. The molecule has 5 amide bonds. The average Bonchev–Trinajstić information content (AvgIpc) is 3.28. The van der Waals surface area contributed by atoms with Crippen molar-refractivity contribution in [1.29, 1.82) is 5.26 Å². The quantitative estimate of drug-likeness (QED) is 0.107. The minimum Gasteiger partial charge on any atom is -0.507 e. The van der Waals surface area contributed by atoms with Crippen LogP contribution in [0.1, 0.15) is 91.4 Å². The molecule has 0 saturated carbocycles. The second-order valence-electron chi connectivity index (χ2n) is 17.9. The van der Waals surface area contributed by atoms with Crippen LogP contribution in [0.5, 0.6) is 11.5 Å². The van der Waals surface area contributed by atoms with Crippen molar-refractivity contribution in [2.75, 3.05) is 33.2 Å². The van der Waals surface area contributed by atoms with E-state index >= 15 is 0 Å². The molecule has 8 N–H and O–H groups in total. The highest BCUT2D eigenvalue weighted by Crippen LogP contribution is 2.40. The van der Waals surface area contributed by atoms with Crippen molar-refractivity contribution in [3.05, 3.63) is 94.3 Å². The number of aromatic nitrogens is 2. The zero-order valence-corrected chi connectivity index (χ0v) is 38.6. The molecular weight excluding hydrogens is 841 g/mol. The van der Waals surface area contributed by atoms with E-state index in [9.17, 15) is 29.1 Å². The molecule has 348 valence electrons. The number of ether oxygens (including phenoxy) is 1. The van der Waals surface area contributed by atoms with Gasteiger partial charge in [0.05, 0.1) is 23.0 Å². The van der Waals surface area contributed by atoms with Crippen LogP contribution in [0, 0.1) is 25.2 Å². The minimum absolute atomic E-state index is 0.00214. The molecule has 3 heterocycles. The molecule has 66 heavy (non-hydrogen) atoms. The number of phenolic OH excluding ortho intramolecular Hbond substituents is 1. The first kappa shape index (κ1) is 48.6. The Kier molecular flexibility index (Phi) is 15.4. The van der Waals surface area contributed by atoms with E-state index in [1.54, 1.807) is 44.2 Å². The van der Waals surface area contributed by atoms with Crippen LogP contribution < -0.4 is 37.1 Å². The molecule has 4 aromatic rings. The predicted molar refractivity (Wildman–Crippen MR) is 248 cm³/mol. The van der Waals surface area contributed by atoms with Crippen molar-refractivity contribution in [2.45, 2.75) is 103 Å². The summed E-state index contributed by atoms with van der Waals surface area (Å²) in [5.41, 5.74) is 10.5. The van der Waals surface area contributed by atoms with Gasteiger partial charge < -0.3 is 47.1 Å². The van der Waals surface area contributed by atoms with Crippen LogP contribution in [0.25, 0.3) is 22.5 Å². The van der Waals surface area contributed by atoms with Crippen molar-refractivity contribution in [3.63, 3.8) is 0 Å². The molecular formula is C49H60N10O7. The lowest BCUT2D eigenvalue weighted by Gasteiger charge is -2.33. The molecule has 2 aliphatic heterocycles. The highest BCUT2D eigenvalue weighted by Gasteiger charge is 2.36. The Labute approximate surface area is 385 Å². The number of nitrogens with two attached hydrogens (primary N) is 1. The lowest BCUT2D eigenvalue weighted by Crippen LogP contribution is -2.56. The number of nitriles is 1. The van der Waals surface area contributed by atoms with Gasteiger partial charge in [0.1, 0.15) is 48.3 Å². The van der Waals surface area contributed by atoms with Gasteiger partial charge in [-0.25, -0.2) is 9.97 Å². The maximum Gasteiger partial charge on any atom is 0.255 e. The van der Waals surface area contributed by atoms with E-state index < -0.39 is 53.7 Å². The zero-order valence-electron chi connectivity index (χ0n) is 38.6. The number of aromatic hydroxyl groups is 1. The SMILES string of the molecule is Cc1nc(-c2ccc(C(C)(C)C)cc2)nc(C)c1C(=O)N[C@@H](CCN)C(=O)N(C)[C@@H]1C(=O)N[C@@H](C)C(=O)N[C@H](C(=O)NCC#N)Cc2ccc(O)c(c2)-c2cc1ccc2OC1CCNCC1. The van der Waals surface area contributed by atoms with Crippen LogP contribution in [0.2, 0.25) is 0 Å². The average molecular weight is 901 g/mol. The summed E-state index contributed by atoms with van der Waals surface area (Å²) in [5, 5.41) is 34.6. The fourth-order valence-electron chi connectivity index (χ4n) is 8.27. The minimum atomic E-state index is -1.41. The molecule has 0 aliphatic carbocycles. The first-order valence-electron chi connectivity index (χ1n) is 22.2. The molecule has 0 unspecified atom stereocenters. The van der Waals surface area contributed by atoms with Crippen molar-refractivity contribution < 1.29 is 33.8 Å². The Morgan fingerprint density at radius 3 is 2.29 bits per heavy atom. The summed E-state index contributed by atoms with van der Waals surface area (Å²) < 4.78 is 6.56. The number of hydrogen-bond acceptors (Lipinski definition) is 12. The number of nitrogens with one attached hydrogen (secondary N) is 5. The first-order chi connectivity index (χ1) is 31.4. The van der Waals surface area contributed by atoms with Crippen molar-refractivity contribution >= 4 is 29.5 Å². The molecule has 0 spiro atoms. The second-order valence-corrected chi connectivity index (χ2v) is 17.9. The molecule has 6 rings (SSSR count). The summed E-state index contributed by atoms with van der Waals surface area (Å²) >= 11 is 0. The highest BCUT2D eigenvalue weighted by atomic mass is 16.5. The number of aryl methyl sites for hydroxylation is 2. The number of nitrogens with zero attached hydrogens (tertiary/aromatic N) is 4. The summed E-state index contributed by atoms with van der Waals surface area (Å²) in [7, 11) is 1.42. The third-order valence-electron chi connectivity index (χ3n) is 12.0. The third kappa shape index (κ3) is 11.3. The van der Waals surface area contributed by atoms with E-state index in [1.165, 1.54) is 24.9 Å². The number of phenols is 1. The van der Waals surface area contributed by atoms with E-state index in [4.69, 9.17) is 15.7 Å². The van der Waals surface area contributed by atoms with Gasteiger partial charge in [-0.2, -0.15) is 5.26 Å². The largest absolute Gasteiger partial charge is 0.507 e. The Morgan fingerprint density at radius 1 is 0.970 bits per heavy atom. The van der Waals surface area contributed by atoms with Crippen molar-refractivity contribution in [2.24, 2.45) is 5.73 Å². The van der Waals surface area contributed by atoms with Gasteiger partial charge in [0.15, 0.2) is 5.82 Å². The number of carbonyl (C=O) groups is 5. The molecule has 4 atom stereocenters. The highest BCUT2D eigenvalue weighted by molar-refractivity contribution is 6.00. The number of rotatable bonds is 11. The van der Waals surface area contributed by atoms with Gasteiger partial charge in [-0.15, -0.1) is 0 Å². The van der Waals surface area contributed by atoms with E-state index in [0.717, 1.165) is 37.1 Å². The number of fused-ring (bicyclic) bond motifs is 5. The molecule has 0 radical (unpaired) electrons. The fourth-order valence-corrected chi connectivity index (χ4v) is 8.27. The summed E-state index contributed by atoms with van der Waals surface area (Å²) in [6.45, 7) is 12.4. The van der Waals surface area contributed by atoms with E-state index in [2.05, 4.69) is 57.3 Å². The molecule has 4 bridgehead atoms. The third-order valence-corrected chi connectivity index (χ3v) is 12.0. The van der Waals surface area contributed by atoms with Gasteiger partial charge in [-0.1, -0.05) is 57.2 Å². The zero-order chi connectivity index (χ0) is 47.9. The maximum atomic E-state index is 14.7. The van der Waals surface area contributed by atoms with Crippen molar-refractivity contribution in [1.82, 2.24) is 41.5 Å². The second kappa shape index (κ2) is 20.9. The van der Waals surface area contributed by atoms with Gasteiger partial charge in [0, 0.05) is 30.2 Å². The van der Waals surface area contributed by atoms with Gasteiger partial charge in [-0.05, 0) is 106 Å². The van der Waals surface area contributed by atoms with Crippen LogP contribution in [-0.4, -0.2) is 107 Å². The van der Waals surface area contributed by atoms with Gasteiger partial charge in [-0.3, -0.25) is 24.0 Å². The predicted octanol–water partition coefficient (Wildman–Crippen LogP) is 3.39. The maximum absolute atomic E-state index is 14.7. The Morgan fingerprint density at radius 2 is 1.65 bits per heavy atom. The summed E-state index contributed by atoms with van der Waals surface area (Å²) in [6, 6.07) is 14.6.